The first-order valence-corrected chi connectivity index (χ1v) is 5.23. The van der Waals surface area contributed by atoms with Crippen molar-refractivity contribution in [2.75, 3.05) is 0 Å². The molecule has 0 aromatic heterocycles. The van der Waals surface area contributed by atoms with Crippen LogP contribution < -0.4 is 10.6 Å². The highest BCUT2D eigenvalue weighted by Gasteiger charge is 2.27. The van der Waals surface area contributed by atoms with Crippen LogP contribution in [-0.4, -0.2) is 27.7 Å². The van der Waals surface area contributed by atoms with Gasteiger partial charge in [-0.05, 0) is 18.7 Å². The van der Waals surface area contributed by atoms with Gasteiger partial charge < -0.3 is 10.6 Å². The monoisotopic (exact) mass is 258 g/mol. The Morgan fingerprint density at radius 1 is 1.44 bits per heavy atom. The highest BCUT2D eigenvalue weighted by Crippen LogP contribution is 2.20. The van der Waals surface area contributed by atoms with Crippen molar-refractivity contribution in [3.63, 3.8) is 0 Å². The molecule has 1 fully saturated rings. The predicted octanol–water partition coefficient (Wildman–Crippen LogP) is -0.750. The van der Waals surface area contributed by atoms with Crippen molar-refractivity contribution >= 4 is 51.7 Å². The van der Waals surface area contributed by atoms with Crippen LogP contribution >= 0.6 is 24.0 Å². The molecule has 1 aliphatic heterocycles. The van der Waals surface area contributed by atoms with Gasteiger partial charge in [-0.2, -0.15) is 0 Å². The van der Waals surface area contributed by atoms with Crippen molar-refractivity contribution in [1.82, 2.24) is 10.6 Å². The van der Waals surface area contributed by atoms with Crippen LogP contribution in [0, 0.1) is 0 Å². The van der Waals surface area contributed by atoms with Crippen LogP contribution in [0.4, 0.5) is 0 Å². The van der Waals surface area contributed by atoms with E-state index in [9.17, 15) is 19.2 Å². The third kappa shape index (κ3) is 3.24. The number of nitrogens with one attached hydrogen (secondary N) is 2. The van der Waals surface area contributed by atoms with Gasteiger partial charge in [-0.25, -0.2) is 0 Å². The first-order valence-electron chi connectivity index (χ1n) is 4.01. The largest absolute Gasteiger partial charge is 0.314 e. The van der Waals surface area contributed by atoms with Crippen LogP contribution in [0.5, 0.6) is 0 Å². The van der Waals surface area contributed by atoms with Gasteiger partial charge in [0, 0.05) is 6.08 Å². The van der Waals surface area contributed by atoms with Gasteiger partial charge in [-0.15, -0.1) is 0 Å². The molecule has 2 N–H and O–H groups in total. The average Bonchev–Trinajstić information content (AvgIpc) is 2.44. The summed E-state index contributed by atoms with van der Waals surface area (Å²) in [5.74, 6) is -2.61. The molecule has 0 bridgehead atoms. The topological polar surface area (TPSA) is 92.3 Å². The second kappa shape index (κ2) is 4.99. The molecule has 0 aliphatic carbocycles. The maximum atomic E-state index is 11.2. The number of thiocarbonyl (C=S) groups is 1. The van der Waals surface area contributed by atoms with Gasteiger partial charge in [0.25, 0.3) is 11.0 Å². The Balaban J connectivity index is 2.67. The molecule has 0 radical (unpaired) electrons. The Hall–Kier alpha value is -1.54. The molecular weight excluding hydrogens is 252 g/mol. The molecule has 0 aromatic carbocycles. The summed E-state index contributed by atoms with van der Waals surface area (Å²) in [6.07, 6.45) is 0.876. The molecule has 0 spiro atoms. The molecule has 1 heterocycles. The van der Waals surface area contributed by atoms with E-state index in [4.69, 9.17) is 0 Å². The fraction of sp³-hybridized carbons (Fsp3) is 0.125. The minimum atomic E-state index is -0.908. The smallest absolute Gasteiger partial charge is 0.303 e. The number of hydrogen-bond donors (Lipinski definition) is 2. The average molecular weight is 258 g/mol. The number of hydrogen-bond acceptors (Lipinski definition) is 6. The van der Waals surface area contributed by atoms with E-state index >= 15 is 0 Å². The normalized spacial score (nSPS) is 17.2. The Kier molecular flexibility index (Phi) is 3.91. The summed E-state index contributed by atoms with van der Waals surface area (Å²) in [5, 5.41) is 3.60. The number of thioether (sulfide) groups is 1. The van der Waals surface area contributed by atoms with Gasteiger partial charge in [0.1, 0.15) is 0 Å². The molecule has 1 rings (SSSR count). The standard InChI is InChI=1S/C8H6N2O4S2/c1-3(15)9-6(12)4(11)2-5-10-7(13)8(14)16-5/h2H,1H3,(H,10,13)(H,9,12,15)/b5-2-. The number of rotatable bonds is 2. The van der Waals surface area contributed by atoms with E-state index in [0.717, 1.165) is 6.08 Å². The van der Waals surface area contributed by atoms with Crippen LogP contribution in [0.25, 0.3) is 0 Å². The van der Waals surface area contributed by atoms with Crippen molar-refractivity contribution in [3.8, 4) is 0 Å². The molecule has 1 saturated heterocycles. The second-order valence-electron chi connectivity index (χ2n) is 2.73. The quantitative estimate of drug-likeness (QED) is 0.384. The Bertz CT molecular complexity index is 423. The molecule has 16 heavy (non-hydrogen) atoms. The minimum absolute atomic E-state index is 0.0390. The Morgan fingerprint density at radius 2 is 2.06 bits per heavy atom. The summed E-state index contributed by atoms with van der Waals surface area (Å²) in [5.41, 5.74) is 0. The zero-order valence-electron chi connectivity index (χ0n) is 8.03. The Morgan fingerprint density at radius 3 is 2.50 bits per heavy atom. The molecule has 6 nitrogen and oxygen atoms in total. The molecular formula is C8H6N2O4S2. The van der Waals surface area contributed by atoms with E-state index in [1.807, 2.05) is 0 Å². The zero-order valence-corrected chi connectivity index (χ0v) is 9.66. The summed E-state index contributed by atoms with van der Waals surface area (Å²) in [7, 11) is 0. The van der Waals surface area contributed by atoms with Crippen LogP contribution in [0.2, 0.25) is 0 Å². The fourth-order valence-electron chi connectivity index (χ4n) is 0.806. The third-order valence-corrected chi connectivity index (χ3v) is 2.31. The second-order valence-corrected chi connectivity index (χ2v) is 4.35. The van der Waals surface area contributed by atoms with Crippen LogP contribution in [0.15, 0.2) is 11.1 Å². The van der Waals surface area contributed by atoms with Crippen molar-refractivity contribution in [1.29, 1.82) is 0 Å². The van der Waals surface area contributed by atoms with Crippen LogP contribution in [0.1, 0.15) is 6.92 Å². The maximum Gasteiger partial charge on any atom is 0.303 e. The van der Waals surface area contributed by atoms with E-state index in [1.165, 1.54) is 6.92 Å². The lowest BCUT2D eigenvalue weighted by Gasteiger charge is -1.98. The van der Waals surface area contributed by atoms with Crippen LogP contribution in [-0.2, 0) is 19.2 Å². The summed E-state index contributed by atoms with van der Waals surface area (Å²) in [6.45, 7) is 1.45. The number of amides is 2. The molecule has 2 amide bonds. The summed E-state index contributed by atoms with van der Waals surface area (Å²) >= 11 is 5.14. The minimum Gasteiger partial charge on any atom is -0.314 e. The van der Waals surface area contributed by atoms with Gasteiger partial charge in [-0.1, -0.05) is 12.2 Å². The molecule has 0 saturated carbocycles. The van der Waals surface area contributed by atoms with E-state index in [0.29, 0.717) is 11.8 Å². The number of carbonyl (C=O) groups is 4. The van der Waals surface area contributed by atoms with E-state index < -0.39 is 22.7 Å². The third-order valence-electron chi connectivity index (χ3n) is 1.40. The lowest BCUT2D eigenvalue weighted by atomic mass is 10.3. The van der Waals surface area contributed by atoms with Crippen molar-refractivity contribution in [3.05, 3.63) is 11.1 Å². The van der Waals surface area contributed by atoms with Crippen molar-refractivity contribution in [2.45, 2.75) is 6.92 Å². The van der Waals surface area contributed by atoms with Gasteiger partial charge >= 0.3 is 5.91 Å². The summed E-state index contributed by atoms with van der Waals surface area (Å²) in [6, 6.07) is 0. The molecule has 0 unspecified atom stereocenters. The number of ketones is 1. The van der Waals surface area contributed by atoms with Crippen molar-refractivity contribution < 1.29 is 19.2 Å². The zero-order chi connectivity index (χ0) is 12.3. The van der Waals surface area contributed by atoms with E-state index in [-0.39, 0.29) is 10.0 Å². The maximum absolute atomic E-state index is 11.2. The highest BCUT2D eigenvalue weighted by atomic mass is 32.2. The SMILES string of the molecule is CC(=S)NC(=O)C(=O)/C=C1/NC(=O)C(=O)S1. The first-order chi connectivity index (χ1) is 7.40. The molecule has 84 valence electrons. The number of carbonyl (C=O) groups excluding carboxylic acids is 4. The summed E-state index contributed by atoms with van der Waals surface area (Å²) in [4.78, 5) is 44.0. The highest BCUT2D eigenvalue weighted by molar-refractivity contribution is 8.19. The molecule has 0 aromatic rings. The lowest BCUT2D eigenvalue weighted by molar-refractivity contribution is -0.134. The lowest BCUT2D eigenvalue weighted by Crippen LogP contribution is -2.32. The molecule has 1 aliphatic rings. The van der Waals surface area contributed by atoms with Crippen molar-refractivity contribution in [2.24, 2.45) is 0 Å². The summed E-state index contributed by atoms with van der Waals surface area (Å²) < 4.78 is 0. The Labute approximate surface area is 99.8 Å². The first kappa shape index (κ1) is 12.5. The van der Waals surface area contributed by atoms with Gasteiger partial charge in [0.15, 0.2) is 0 Å². The van der Waals surface area contributed by atoms with Crippen LogP contribution in [0.3, 0.4) is 0 Å². The van der Waals surface area contributed by atoms with Gasteiger partial charge in [-0.3, -0.25) is 19.2 Å². The van der Waals surface area contributed by atoms with Gasteiger partial charge in [0.05, 0.1) is 10.0 Å². The fourth-order valence-corrected chi connectivity index (χ4v) is 1.55. The molecule has 8 heteroatoms. The molecule has 0 atom stereocenters. The van der Waals surface area contributed by atoms with Gasteiger partial charge in [0.2, 0.25) is 5.78 Å². The van der Waals surface area contributed by atoms with E-state index in [2.05, 4.69) is 22.9 Å². The predicted molar refractivity (Wildman–Crippen MR) is 60.2 cm³/mol. The van der Waals surface area contributed by atoms with E-state index in [1.54, 1.807) is 0 Å².